The van der Waals surface area contributed by atoms with E-state index in [1.165, 1.54) is 0 Å². The van der Waals surface area contributed by atoms with E-state index in [-0.39, 0.29) is 28.6 Å². The van der Waals surface area contributed by atoms with E-state index in [2.05, 4.69) is 21.2 Å². The van der Waals surface area contributed by atoms with E-state index in [4.69, 9.17) is 28.3 Å². The summed E-state index contributed by atoms with van der Waals surface area (Å²) in [6, 6.07) is 3.17. The summed E-state index contributed by atoms with van der Waals surface area (Å²) in [6.07, 6.45) is -0.365. The third kappa shape index (κ3) is 4.53. The van der Waals surface area contributed by atoms with E-state index in [0.29, 0.717) is 4.47 Å². The highest BCUT2D eigenvalue weighted by Gasteiger charge is 2.12. The number of carbonyl (C=O) groups is 2. The minimum absolute atomic E-state index is 0.127. The van der Waals surface area contributed by atoms with Crippen LogP contribution in [0.5, 0.6) is 0 Å². The topological polar surface area (TPSA) is 66.4 Å². The van der Waals surface area contributed by atoms with Crippen LogP contribution in [0.15, 0.2) is 16.6 Å². The number of aliphatic carboxylic acids is 1. The van der Waals surface area contributed by atoms with Crippen LogP contribution in [-0.2, 0) is 9.59 Å². The predicted molar refractivity (Wildman–Crippen MR) is 69.7 cm³/mol. The molecule has 92 valence electrons. The van der Waals surface area contributed by atoms with Crippen LogP contribution < -0.4 is 5.32 Å². The first-order chi connectivity index (χ1) is 7.90. The Hall–Kier alpha value is -0.780. The first-order valence-electron chi connectivity index (χ1n) is 4.56. The molecule has 17 heavy (non-hydrogen) atoms. The number of amides is 1. The summed E-state index contributed by atoms with van der Waals surface area (Å²) in [5, 5.41) is 11.5. The van der Waals surface area contributed by atoms with Crippen LogP contribution in [-0.4, -0.2) is 17.0 Å². The van der Waals surface area contributed by atoms with Crippen LogP contribution in [0.3, 0.4) is 0 Å². The predicted octanol–water partition coefficient (Wildman–Crippen LogP) is 3.56. The molecule has 0 radical (unpaired) electrons. The van der Waals surface area contributed by atoms with Crippen LogP contribution in [0, 0.1) is 0 Å². The van der Waals surface area contributed by atoms with Gasteiger partial charge in [-0.3, -0.25) is 9.59 Å². The molecule has 0 fully saturated rings. The van der Waals surface area contributed by atoms with Crippen molar-refractivity contribution < 1.29 is 14.7 Å². The second-order valence-corrected chi connectivity index (χ2v) is 4.92. The lowest BCUT2D eigenvalue weighted by Crippen LogP contribution is -2.13. The maximum Gasteiger partial charge on any atom is 0.303 e. The molecule has 0 aliphatic carbocycles. The second kappa shape index (κ2) is 6.23. The Bertz CT molecular complexity index is 442. The zero-order valence-corrected chi connectivity index (χ0v) is 11.6. The summed E-state index contributed by atoms with van der Waals surface area (Å²) in [6.45, 7) is 0. The monoisotopic (exact) mass is 339 g/mol. The normalized spacial score (nSPS) is 10.1. The third-order valence-electron chi connectivity index (χ3n) is 1.84. The van der Waals surface area contributed by atoms with Gasteiger partial charge in [0.25, 0.3) is 0 Å². The molecule has 0 aliphatic heterocycles. The van der Waals surface area contributed by atoms with Crippen molar-refractivity contribution in [3.8, 4) is 0 Å². The van der Waals surface area contributed by atoms with Gasteiger partial charge in [0.15, 0.2) is 0 Å². The van der Waals surface area contributed by atoms with E-state index in [0.717, 1.165) is 0 Å². The van der Waals surface area contributed by atoms with Crippen molar-refractivity contribution in [2.45, 2.75) is 12.8 Å². The molecule has 0 aliphatic rings. The van der Waals surface area contributed by atoms with Gasteiger partial charge in [0.1, 0.15) is 0 Å². The summed E-state index contributed by atoms with van der Waals surface area (Å²) in [5.41, 5.74) is 0.284. The maximum atomic E-state index is 11.4. The number of anilines is 1. The number of carboxylic acids is 1. The van der Waals surface area contributed by atoms with Gasteiger partial charge >= 0.3 is 5.97 Å². The Morgan fingerprint density at radius 3 is 2.24 bits per heavy atom. The Kier molecular flexibility index (Phi) is 5.24. The summed E-state index contributed by atoms with van der Waals surface area (Å²) >= 11 is 15.0. The Labute approximate surface area is 116 Å². The molecular weight excluding hydrogens is 333 g/mol. The van der Waals surface area contributed by atoms with Gasteiger partial charge in [0.2, 0.25) is 5.91 Å². The molecule has 0 bridgehead atoms. The van der Waals surface area contributed by atoms with Gasteiger partial charge in [-0.1, -0.05) is 39.1 Å². The molecule has 0 aromatic heterocycles. The van der Waals surface area contributed by atoms with Crippen LogP contribution in [0.25, 0.3) is 0 Å². The lowest BCUT2D eigenvalue weighted by molar-refractivity contribution is -0.138. The molecule has 1 amide bonds. The molecule has 0 saturated carbocycles. The van der Waals surface area contributed by atoms with Gasteiger partial charge in [-0.05, 0) is 12.1 Å². The first kappa shape index (κ1) is 14.3. The molecule has 1 aromatic rings. The van der Waals surface area contributed by atoms with Gasteiger partial charge < -0.3 is 10.4 Å². The molecule has 2 N–H and O–H groups in total. The smallest absolute Gasteiger partial charge is 0.303 e. The third-order valence-corrected chi connectivity index (χ3v) is 2.89. The van der Waals surface area contributed by atoms with Crippen LogP contribution in [0.1, 0.15) is 12.8 Å². The van der Waals surface area contributed by atoms with Gasteiger partial charge in [-0.25, -0.2) is 0 Å². The van der Waals surface area contributed by atoms with Crippen molar-refractivity contribution in [1.29, 1.82) is 0 Å². The highest BCUT2D eigenvalue weighted by Crippen LogP contribution is 2.33. The summed E-state index contributed by atoms with van der Waals surface area (Å²) in [7, 11) is 0. The van der Waals surface area contributed by atoms with Crippen LogP contribution in [0.4, 0.5) is 5.69 Å². The molecular formula is C10H8BrCl2NO3. The number of halogens is 3. The highest BCUT2D eigenvalue weighted by molar-refractivity contribution is 9.10. The number of benzene rings is 1. The number of hydrogen-bond donors (Lipinski definition) is 2. The fraction of sp³-hybridized carbons (Fsp3) is 0.200. The van der Waals surface area contributed by atoms with E-state index in [1.54, 1.807) is 12.1 Å². The van der Waals surface area contributed by atoms with Crippen molar-refractivity contribution in [3.05, 3.63) is 26.7 Å². The van der Waals surface area contributed by atoms with Gasteiger partial charge in [-0.15, -0.1) is 0 Å². The standard InChI is InChI=1S/C10H8BrCl2NO3/c11-5-3-6(12)10(7(13)4-5)14-8(15)1-2-9(16)17/h3-4H,1-2H2,(H,14,15)(H,16,17). The fourth-order valence-corrected chi connectivity index (χ4v) is 2.39. The lowest BCUT2D eigenvalue weighted by atomic mass is 10.2. The zero-order chi connectivity index (χ0) is 13.0. The zero-order valence-electron chi connectivity index (χ0n) is 8.47. The van der Waals surface area contributed by atoms with Crippen molar-refractivity contribution >= 4 is 56.7 Å². The Morgan fingerprint density at radius 2 is 1.76 bits per heavy atom. The quantitative estimate of drug-likeness (QED) is 0.880. The van der Waals surface area contributed by atoms with Crippen molar-refractivity contribution in [1.82, 2.24) is 0 Å². The number of nitrogens with one attached hydrogen (secondary N) is 1. The molecule has 7 heteroatoms. The van der Waals surface area contributed by atoms with Crippen molar-refractivity contribution in [2.75, 3.05) is 5.32 Å². The Morgan fingerprint density at radius 1 is 1.24 bits per heavy atom. The van der Waals surface area contributed by atoms with E-state index in [9.17, 15) is 9.59 Å². The van der Waals surface area contributed by atoms with E-state index < -0.39 is 11.9 Å². The van der Waals surface area contributed by atoms with Crippen LogP contribution >= 0.6 is 39.1 Å². The SMILES string of the molecule is O=C(O)CCC(=O)Nc1c(Cl)cc(Br)cc1Cl. The molecule has 1 aromatic carbocycles. The highest BCUT2D eigenvalue weighted by atomic mass is 79.9. The number of carboxylic acid groups (broad SMARTS) is 1. The summed E-state index contributed by atoms with van der Waals surface area (Å²) < 4.78 is 0.691. The molecule has 0 spiro atoms. The van der Waals surface area contributed by atoms with E-state index in [1.807, 2.05) is 0 Å². The summed E-state index contributed by atoms with van der Waals surface area (Å²) in [5.74, 6) is -1.48. The Balaban J connectivity index is 2.75. The molecule has 0 unspecified atom stereocenters. The molecule has 0 heterocycles. The average molecular weight is 341 g/mol. The number of hydrogen-bond acceptors (Lipinski definition) is 2. The van der Waals surface area contributed by atoms with Gasteiger partial charge in [0.05, 0.1) is 22.2 Å². The van der Waals surface area contributed by atoms with Crippen molar-refractivity contribution in [3.63, 3.8) is 0 Å². The molecule has 0 atom stereocenters. The molecule has 1 rings (SSSR count). The fourth-order valence-electron chi connectivity index (χ4n) is 1.08. The minimum Gasteiger partial charge on any atom is -0.481 e. The molecule has 4 nitrogen and oxygen atoms in total. The van der Waals surface area contributed by atoms with Crippen molar-refractivity contribution in [2.24, 2.45) is 0 Å². The number of rotatable bonds is 4. The van der Waals surface area contributed by atoms with Gasteiger partial charge in [0, 0.05) is 10.9 Å². The molecule has 0 saturated heterocycles. The van der Waals surface area contributed by atoms with E-state index >= 15 is 0 Å². The maximum absolute atomic E-state index is 11.4. The first-order valence-corrected chi connectivity index (χ1v) is 6.11. The lowest BCUT2D eigenvalue weighted by Gasteiger charge is -2.09. The average Bonchev–Trinajstić information content (AvgIpc) is 2.20. The largest absolute Gasteiger partial charge is 0.481 e. The number of carbonyl (C=O) groups excluding carboxylic acids is 1. The van der Waals surface area contributed by atoms with Crippen LogP contribution in [0.2, 0.25) is 10.0 Å². The van der Waals surface area contributed by atoms with Gasteiger partial charge in [-0.2, -0.15) is 0 Å². The summed E-state index contributed by atoms with van der Waals surface area (Å²) in [4.78, 5) is 21.7. The second-order valence-electron chi connectivity index (χ2n) is 3.19. The minimum atomic E-state index is -1.03.